The summed E-state index contributed by atoms with van der Waals surface area (Å²) in [5.74, 6) is -0.616. The molecule has 0 saturated carbocycles. The molecule has 3 aromatic carbocycles. The van der Waals surface area contributed by atoms with Gasteiger partial charge < -0.3 is 14.9 Å². The molecule has 2 aliphatic rings. The number of halogens is 2. The summed E-state index contributed by atoms with van der Waals surface area (Å²) in [5.41, 5.74) is 1.03. The molecule has 0 radical (unpaired) electrons. The molecule has 2 atom stereocenters. The summed E-state index contributed by atoms with van der Waals surface area (Å²) in [6, 6.07) is 16.4. The van der Waals surface area contributed by atoms with E-state index in [4.69, 9.17) is 11.6 Å². The molecule has 8 heteroatoms. The van der Waals surface area contributed by atoms with Crippen molar-refractivity contribution >= 4 is 34.2 Å². The van der Waals surface area contributed by atoms with Gasteiger partial charge in [0.25, 0.3) is 11.8 Å². The Balaban J connectivity index is 1.24. The highest BCUT2D eigenvalue weighted by atomic mass is 35.5. The van der Waals surface area contributed by atoms with Crippen molar-refractivity contribution < 1.29 is 19.1 Å². The molecule has 0 spiro atoms. The van der Waals surface area contributed by atoms with Gasteiger partial charge in [-0.05, 0) is 41.8 Å². The zero-order valence-electron chi connectivity index (χ0n) is 18.5. The third-order valence-corrected chi connectivity index (χ3v) is 7.06. The highest BCUT2D eigenvalue weighted by Crippen LogP contribution is 2.26. The van der Waals surface area contributed by atoms with Crippen LogP contribution in [0.25, 0.3) is 10.8 Å². The van der Waals surface area contributed by atoms with Crippen LogP contribution in [0.1, 0.15) is 20.7 Å². The summed E-state index contributed by atoms with van der Waals surface area (Å²) in [7, 11) is 0. The minimum Gasteiger partial charge on any atom is -0.390 e. The molecular formula is C26H25ClFN3O3. The molecule has 2 aliphatic heterocycles. The number of hydrogen-bond acceptors (Lipinski definition) is 4. The van der Waals surface area contributed by atoms with Crippen molar-refractivity contribution in [3.8, 4) is 0 Å². The molecule has 1 N–H and O–H groups in total. The van der Waals surface area contributed by atoms with Gasteiger partial charge in [-0.15, -0.1) is 0 Å². The largest absolute Gasteiger partial charge is 0.390 e. The molecular weight excluding hydrogens is 457 g/mol. The Morgan fingerprint density at radius 1 is 0.824 bits per heavy atom. The van der Waals surface area contributed by atoms with Gasteiger partial charge in [0, 0.05) is 60.8 Å². The fourth-order valence-electron chi connectivity index (χ4n) is 4.94. The molecule has 34 heavy (non-hydrogen) atoms. The van der Waals surface area contributed by atoms with Crippen LogP contribution in [0.15, 0.2) is 60.7 Å². The van der Waals surface area contributed by atoms with Crippen LogP contribution in [0, 0.1) is 5.82 Å². The van der Waals surface area contributed by atoms with E-state index >= 15 is 0 Å². The van der Waals surface area contributed by atoms with Gasteiger partial charge in [-0.2, -0.15) is 0 Å². The Bertz CT molecular complexity index is 1230. The van der Waals surface area contributed by atoms with Crippen LogP contribution in [0.2, 0.25) is 5.02 Å². The molecule has 3 aromatic rings. The zero-order valence-corrected chi connectivity index (χ0v) is 19.3. The quantitative estimate of drug-likeness (QED) is 0.623. The number of β-amino-alcohol motifs (C(OH)–C–C–N with tert-alkyl or cyclic N) is 1. The van der Waals surface area contributed by atoms with Gasteiger partial charge in [0.05, 0.1) is 12.1 Å². The number of fused-ring (bicyclic) bond motifs is 1. The van der Waals surface area contributed by atoms with Gasteiger partial charge in [-0.1, -0.05) is 35.9 Å². The van der Waals surface area contributed by atoms with E-state index in [1.54, 1.807) is 58.3 Å². The number of likely N-dealkylation sites (tertiary alicyclic amines) is 1. The predicted octanol–water partition coefficient (Wildman–Crippen LogP) is 3.28. The second-order valence-electron chi connectivity index (χ2n) is 8.82. The summed E-state index contributed by atoms with van der Waals surface area (Å²) in [6.45, 7) is 2.92. The predicted molar refractivity (Wildman–Crippen MR) is 129 cm³/mol. The van der Waals surface area contributed by atoms with Crippen molar-refractivity contribution in [2.45, 2.75) is 12.1 Å². The number of amides is 2. The third kappa shape index (κ3) is 4.27. The lowest BCUT2D eigenvalue weighted by molar-refractivity contribution is 0.0376. The topological polar surface area (TPSA) is 64.1 Å². The maximum Gasteiger partial charge on any atom is 0.254 e. The second-order valence-corrected chi connectivity index (χ2v) is 9.26. The van der Waals surface area contributed by atoms with E-state index in [2.05, 4.69) is 4.90 Å². The van der Waals surface area contributed by atoms with Gasteiger partial charge in [0.15, 0.2) is 0 Å². The number of aliphatic hydroxyl groups is 1. The molecule has 0 unspecified atom stereocenters. The maximum atomic E-state index is 14.2. The van der Waals surface area contributed by atoms with Gasteiger partial charge >= 0.3 is 0 Å². The Hall–Kier alpha value is -3.00. The molecule has 2 fully saturated rings. The van der Waals surface area contributed by atoms with E-state index in [-0.39, 0.29) is 30.2 Å². The van der Waals surface area contributed by atoms with Crippen LogP contribution < -0.4 is 0 Å². The average Bonchev–Trinajstić information content (AvgIpc) is 3.26. The lowest BCUT2D eigenvalue weighted by Gasteiger charge is -2.38. The summed E-state index contributed by atoms with van der Waals surface area (Å²) >= 11 is 5.92. The molecule has 0 bridgehead atoms. The molecule has 2 saturated heterocycles. The molecule has 2 amide bonds. The van der Waals surface area contributed by atoms with Gasteiger partial charge in [-0.3, -0.25) is 14.5 Å². The van der Waals surface area contributed by atoms with Gasteiger partial charge in [0.2, 0.25) is 0 Å². The van der Waals surface area contributed by atoms with Crippen molar-refractivity contribution in [3.63, 3.8) is 0 Å². The van der Waals surface area contributed by atoms with Crippen molar-refractivity contribution in [1.82, 2.24) is 14.7 Å². The lowest BCUT2D eigenvalue weighted by Crippen LogP contribution is -2.54. The number of carbonyl (C=O) groups excluding carboxylic acids is 2. The fraction of sp³-hybridized carbons (Fsp3) is 0.308. The van der Waals surface area contributed by atoms with E-state index in [9.17, 15) is 19.1 Å². The zero-order chi connectivity index (χ0) is 23.8. The first-order valence-electron chi connectivity index (χ1n) is 11.4. The van der Waals surface area contributed by atoms with Crippen LogP contribution in [-0.4, -0.2) is 83.0 Å². The third-order valence-electron chi connectivity index (χ3n) is 6.81. The number of rotatable bonds is 3. The van der Waals surface area contributed by atoms with E-state index in [0.29, 0.717) is 59.6 Å². The number of nitrogens with zero attached hydrogens (tertiary/aromatic N) is 3. The van der Waals surface area contributed by atoms with E-state index in [1.807, 2.05) is 0 Å². The Morgan fingerprint density at radius 2 is 1.50 bits per heavy atom. The molecule has 2 heterocycles. The summed E-state index contributed by atoms with van der Waals surface area (Å²) in [4.78, 5) is 31.6. The Labute approximate surface area is 202 Å². The first kappa shape index (κ1) is 22.8. The maximum absolute atomic E-state index is 14.2. The lowest BCUT2D eigenvalue weighted by atomic mass is 10.0. The number of piperazine rings is 1. The Kier molecular flexibility index (Phi) is 6.25. The van der Waals surface area contributed by atoms with Crippen LogP contribution in [0.3, 0.4) is 0 Å². The normalized spacial score (nSPS) is 21.3. The van der Waals surface area contributed by atoms with Crippen molar-refractivity contribution in [2.75, 3.05) is 39.3 Å². The van der Waals surface area contributed by atoms with Crippen LogP contribution >= 0.6 is 11.6 Å². The van der Waals surface area contributed by atoms with E-state index in [1.165, 1.54) is 12.1 Å². The SMILES string of the molecule is O=C(c1ccc(Cl)cc1)N1CCN([C@@H]2CN(C(=O)c3ccc(F)c4ccccc34)C[C@H]2O)CC1. The average molecular weight is 482 g/mol. The number of benzene rings is 3. The van der Waals surface area contributed by atoms with Gasteiger partial charge in [0.1, 0.15) is 5.82 Å². The molecule has 0 aliphatic carbocycles. The minimum atomic E-state index is -0.686. The van der Waals surface area contributed by atoms with Crippen molar-refractivity contribution in [1.29, 1.82) is 0 Å². The summed E-state index contributed by atoms with van der Waals surface area (Å²) in [6.07, 6.45) is -0.686. The highest BCUT2D eigenvalue weighted by molar-refractivity contribution is 6.30. The minimum absolute atomic E-state index is 0.0386. The highest BCUT2D eigenvalue weighted by Gasteiger charge is 2.39. The van der Waals surface area contributed by atoms with E-state index in [0.717, 1.165) is 0 Å². The van der Waals surface area contributed by atoms with Crippen molar-refractivity contribution in [3.05, 3.63) is 82.6 Å². The number of hydrogen-bond donors (Lipinski definition) is 1. The summed E-state index contributed by atoms with van der Waals surface area (Å²) < 4.78 is 14.2. The first-order chi connectivity index (χ1) is 16.4. The molecule has 5 rings (SSSR count). The smallest absolute Gasteiger partial charge is 0.254 e. The summed E-state index contributed by atoms with van der Waals surface area (Å²) in [5, 5.41) is 12.3. The van der Waals surface area contributed by atoms with Gasteiger partial charge in [-0.25, -0.2) is 4.39 Å². The van der Waals surface area contributed by atoms with Crippen LogP contribution in [0.4, 0.5) is 4.39 Å². The van der Waals surface area contributed by atoms with Crippen LogP contribution in [0.5, 0.6) is 0 Å². The second kappa shape index (κ2) is 9.33. The monoisotopic (exact) mass is 481 g/mol. The molecule has 176 valence electrons. The van der Waals surface area contributed by atoms with Crippen LogP contribution in [-0.2, 0) is 0 Å². The molecule has 0 aromatic heterocycles. The standard InChI is InChI=1S/C26H25ClFN3O3/c27-18-7-5-17(6-8-18)25(33)30-13-11-29(12-14-30)23-15-31(16-24(23)32)26(34)21-9-10-22(28)20-4-2-1-3-19(20)21/h1-10,23-24,32H,11-16H2/t23-,24-/m1/s1. The van der Waals surface area contributed by atoms with Crippen molar-refractivity contribution in [2.24, 2.45) is 0 Å². The fourth-order valence-corrected chi connectivity index (χ4v) is 5.07. The van der Waals surface area contributed by atoms with E-state index < -0.39 is 6.10 Å². The number of aliphatic hydroxyl groups excluding tert-OH is 1. The Morgan fingerprint density at radius 3 is 2.21 bits per heavy atom. The molecule has 6 nitrogen and oxygen atoms in total. The first-order valence-corrected chi connectivity index (χ1v) is 11.7. The number of carbonyl (C=O) groups is 2.